The molecule has 1 aromatic carbocycles. The third kappa shape index (κ3) is 3.31. The van der Waals surface area contributed by atoms with Crippen LogP contribution in [0.5, 0.6) is 0 Å². The number of alkyl halides is 2. The predicted molar refractivity (Wildman–Crippen MR) is 80.2 cm³/mol. The number of benzene rings is 1. The van der Waals surface area contributed by atoms with E-state index < -0.39 is 19.1 Å². The Morgan fingerprint density at radius 2 is 1.77 bits per heavy atom. The Morgan fingerprint density at radius 1 is 1.09 bits per heavy atom. The van der Waals surface area contributed by atoms with Gasteiger partial charge in [0.2, 0.25) is 0 Å². The molecule has 22 heavy (non-hydrogen) atoms. The maximum absolute atomic E-state index is 13.2. The molecule has 5 nitrogen and oxygen atoms in total. The molecule has 0 saturated carbocycles. The van der Waals surface area contributed by atoms with E-state index >= 15 is 0 Å². The quantitative estimate of drug-likeness (QED) is 0.925. The van der Waals surface area contributed by atoms with Gasteiger partial charge in [-0.05, 0) is 12.1 Å². The highest BCUT2D eigenvalue weighted by atomic mass is 19.3. The fraction of sp³-hybridized carbons (Fsp3) is 0.467. The van der Waals surface area contributed by atoms with E-state index in [1.165, 1.54) is 0 Å². The summed E-state index contributed by atoms with van der Waals surface area (Å²) in [5, 5.41) is 8.65. The second-order valence-corrected chi connectivity index (χ2v) is 5.49. The van der Waals surface area contributed by atoms with Crippen LogP contribution in [0.4, 0.5) is 14.6 Å². The van der Waals surface area contributed by atoms with Crippen molar-refractivity contribution in [3.05, 3.63) is 30.5 Å². The lowest BCUT2D eigenvalue weighted by Gasteiger charge is -2.36. The molecule has 0 atom stereocenters. The summed E-state index contributed by atoms with van der Waals surface area (Å²) in [6.07, 6.45) is 1.72. The van der Waals surface area contributed by atoms with Gasteiger partial charge in [-0.15, -0.1) is 0 Å². The highest BCUT2D eigenvalue weighted by molar-refractivity contribution is 5.75. The van der Waals surface area contributed by atoms with Crippen molar-refractivity contribution in [2.75, 3.05) is 44.2 Å². The van der Waals surface area contributed by atoms with E-state index in [1.807, 2.05) is 29.2 Å². The van der Waals surface area contributed by atoms with Crippen LogP contribution in [0.3, 0.4) is 0 Å². The summed E-state index contributed by atoms with van der Waals surface area (Å²) < 4.78 is 26.4. The number of hydrogen-bond donors (Lipinski definition) is 1. The Kier molecular flexibility index (Phi) is 4.17. The minimum absolute atomic E-state index is 0.402. The Bertz CT molecular complexity index is 644. The van der Waals surface area contributed by atoms with Crippen molar-refractivity contribution in [1.29, 1.82) is 0 Å². The number of anilines is 1. The molecular formula is C15H18F2N4O. The second kappa shape index (κ2) is 6.10. The van der Waals surface area contributed by atoms with Gasteiger partial charge in [-0.25, -0.2) is 13.8 Å². The number of para-hydroxylation sites is 2. The fourth-order valence-electron chi connectivity index (χ4n) is 2.61. The summed E-state index contributed by atoms with van der Waals surface area (Å²) in [5.41, 5.74) is 1.67. The van der Waals surface area contributed by atoms with Crippen molar-refractivity contribution in [3.63, 3.8) is 0 Å². The van der Waals surface area contributed by atoms with Gasteiger partial charge in [-0.1, -0.05) is 12.1 Å². The van der Waals surface area contributed by atoms with Crippen LogP contribution in [0, 0.1) is 0 Å². The molecule has 0 unspecified atom stereocenters. The Labute approximate surface area is 127 Å². The standard InChI is InChI=1S/C15H18F2N4O/c16-15(17,11-22)10-20-5-7-21(8-6-20)14-9-18-12-3-1-2-4-13(12)19-14/h1-4,9,22H,5-8,10-11H2. The molecule has 2 aromatic rings. The molecule has 1 saturated heterocycles. The number of fused-ring (bicyclic) bond motifs is 1. The molecule has 2 heterocycles. The van der Waals surface area contributed by atoms with Crippen LogP contribution in [0.25, 0.3) is 11.0 Å². The summed E-state index contributed by atoms with van der Waals surface area (Å²) in [6, 6.07) is 7.64. The minimum atomic E-state index is -3.04. The summed E-state index contributed by atoms with van der Waals surface area (Å²) in [4.78, 5) is 12.7. The first kappa shape index (κ1) is 15.1. The number of piperazine rings is 1. The smallest absolute Gasteiger partial charge is 0.283 e. The molecule has 7 heteroatoms. The van der Waals surface area contributed by atoms with Gasteiger partial charge in [0, 0.05) is 26.2 Å². The maximum Gasteiger partial charge on any atom is 0.283 e. The van der Waals surface area contributed by atoms with Gasteiger partial charge in [0.05, 0.1) is 23.8 Å². The van der Waals surface area contributed by atoms with Crippen LogP contribution in [-0.4, -0.2) is 65.2 Å². The topological polar surface area (TPSA) is 52.5 Å². The van der Waals surface area contributed by atoms with Crippen molar-refractivity contribution >= 4 is 16.9 Å². The average molecular weight is 308 g/mol. The molecule has 0 bridgehead atoms. The van der Waals surface area contributed by atoms with Crippen molar-refractivity contribution in [1.82, 2.24) is 14.9 Å². The van der Waals surface area contributed by atoms with E-state index in [-0.39, 0.29) is 0 Å². The summed E-state index contributed by atoms with van der Waals surface area (Å²) in [6.45, 7) is 0.765. The molecule has 1 fully saturated rings. The van der Waals surface area contributed by atoms with Crippen molar-refractivity contribution in [2.24, 2.45) is 0 Å². The SMILES string of the molecule is OCC(F)(F)CN1CCN(c2cnc3ccccc3n2)CC1. The third-order valence-electron chi connectivity index (χ3n) is 3.82. The average Bonchev–Trinajstić information content (AvgIpc) is 2.55. The third-order valence-corrected chi connectivity index (χ3v) is 3.82. The molecule has 0 spiro atoms. The molecule has 0 amide bonds. The van der Waals surface area contributed by atoms with Crippen molar-refractivity contribution < 1.29 is 13.9 Å². The van der Waals surface area contributed by atoms with Crippen LogP contribution in [0.1, 0.15) is 0 Å². The number of nitrogens with zero attached hydrogens (tertiary/aromatic N) is 4. The predicted octanol–water partition coefficient (Wildman–Crippen LogP) is 1.38. The summed E-state index contributed by atoms with van der Waals surface area (Å²) >= 11 is 0. The van der Waals surface area contributed by atoms with Crippen LogP contribution in [-0.2, 0) is 0 Å². The fourth-order valence-corrected chi connectivity index (χ4v) is 2.61. The molecule has 1 N–H and O–H groups in total. The number of hydrogen-bond acceptors (Lipinski definition) is 5. The maximum atomic E-state index is 13.2. The van der Waals surface area contributed by atoms with E-state index in [2.05, 4.69) is 9.97 Å². The van der Waals surface area contributed by atoms with Gasteiger partial charge in [0.25, 0.3) is 5.92 Å². The molecule has 1 aromatic heterocycles. The molecule has 3 rings (SSSR count). The zero-order chi connectivity index (χ0) is 15.6. The van der Waals surface area contributed by atoms with E-state index in [4.69, 9.17) is 5.11 Å². The number of rotatable bonds is 4. The van der Waals surface area contributed by atoms with E-state index in [0.717, 1.165) is 16.9 Å². The zero-order valence-corrected chi connectivity index (χ0v) is 12.1. The summed E-state index contributed by atoms with van der Waals surface area (Å²) in [7, 11) is 0. The molecule has 118 valence electrons. The first-order valence-electron chi connectivity index (χ1n) is 7.25. The van der Waals surface area contributed by atoms with Crippen LogP contribution in [0.15, 0.2) is 30.5 Å². The second-order valence-electron chi connectivity index (χ2n) is 5.49. The Morgan fingerprint density at radius 3 is 2.45 bits per heavy atom. The molecule has 1 aliphatic rings. The van der Waals surface area contributed by atoms with Gasteiger partial charge in [0.15, 0.2) is 0 Å². The Hall–Kier alpha value is -1.86. The zero-order valence-electron chi connectivity index (χ0n) is 12.1. The molecule has 0 radical (unpaired) electrons. The Balaban J connectivity index is 1.65. The lowest BCUT2D eigenvalue weighted by Crippen LogP contribution is -2.50. The van der Waals surface area contributed by atoms with Crippen molar-refractivity contribution in [2.45, 2.75) is 5.92 Å². The number of aliphatic hydroxyl groups is 1. The van der Waals surface area contributed by atoms with Crippen LogP contribution >= 0.6 is 0 Å². The molecular weight excluding hydrogens is 290 g/mol. The van der Waals surface area contributed by atoms with E-state index in [1.54, 1.807) is 11.1 Å². The van der Waals surface area contributed by atoms with E-state index in [9.17, 15) is 8.78 Å². The van der Waals surface area contributed by atoms with Gasteiger partial charge in [-0.3, -0.25) is 9.88 Å². The molecule has 1 aliphatic heterocycles. The first-order valence-corrected chi connectivity index (χ1v) is 7.25. The number of aliphatic hydroxyl groups excluding tert-OH is 1. The molecule has 0 aliphatic carbocycles. The van der Waals surface area contributed by atoms with Gasteiger partial charge in [-0.2, -0.15) is 0 Å². The van der Waals surface area contributed by atoms with Gasteiger partial charge >= 0.3 is 0 Å². The number of halogens is 2. The first-order chi connectivity index (χ1) is 10.6. The monoisotopic (exact) mass is 308 g/mol. The van der Waals surface area contributed by atoms with Gasteiger partial charge in [0.1, 0.15) is 12.4 Å². The number of aromatic nitrogens is 2. The minimum Gasteiger partial charge on any atom is -0.390 e. The van der Waals surface area contributed by atoms with E-state index in [0.29, 0.717) is 26.2 Å². The normalized spacial score (nSPS) is 17.1. The van der Waals surface area contributed by atoms with Crippen LogP contribution in [0.2, 0.25) is 0 Å². The van der Waals surface area contributed by atoms with Crippen LogP contribution < -0.4 is 4.90 Å². The summed E-state index contributed by atoms with van der Waals surface area (Å²) in [5.74, 6) is -2.27. The lowest BCUT2D eigenvalue weighted by atomic mass is 10.2. The largest absolute Gasteiger partial charge is 0.390 e. The lowest BCUT2D eigenvalue weighted by molar-refractivity contribution is -0.0733. The van der Waals surface area contributed by atoms with Gasteiger partial charge < -0.3 is 10.0 Å². The van der Waals surface area contributed by atoms with Crippen molar-refractivity contribution in [3.8, 4) is 0 Å². The highest BCUT2D eigenvalue weighted by Crippen LogP contribution is 2.19. The highest BCUT2D eigenvalue weighted by Gasteiger charge is 2.32.